The number of nitrogens with one attached hydrogen (secondary N) is 2. The van der Waals surface area contributed by atoms with Crippen LogP contribution < -0.4 is 15.4 Å². The predicted molar refractivity (Wildman–Crippen MR) is 142 cm³/mol. The Morgan fingerprint density at radius 1 is 0.974 bits per heavy atom. The van der Waals surface area contributed by atoms with E-state index in [2.05, 4.69) is 10.6 Å². The van der Waals surface area contributed by atoms with Gasteiger partial charge in [-0.1, -0.05) is 18.2 Å². The number of ether oxygens (including phenoxy) is 1. The van der Waals surface area contributed by atoms with Gasteiger partial charge in [-0.25, -0.2) is 4.79 Å². The lowest BCUT2D eigenvalue weighted by atomic mass is 9.93. The van der Waals surface area contributed by atoms with Gasteiger partial charge in [-0.3, -0.25) is 14.4 Å². The molecule has 10 heteroatoms. The first kappa shape index (κ1) is 27.0. The first-order chi connectivity index (χ1) is 18.3. The zero-order valence-electron chi connectivity index (χ0n) is 21.7. The number of hydrogen-bond acceptors (Lipinski definition) is 5. The van der Waals surface area contributed by atoms with E-state index < -0.39 is 18.0 Å². The van der Waals surface area contributed by atoms with Crippen LogP contribution in [0.25, 0.3) is 0 Å². The molecule has 0 radical (unpaired) electrons. The molecular formula is C28H34N4O6. The topological polar surface area (TPSA) is 128 Å². The Hall–Kier alpha value is -4.08. The van der Waals surface area contributed by atoms with Crippen LogP contribution in [-0.2, 0) is 9.59 Å². The minimum atomic E-state index is -0.814. The fourth-order valence-corrected chi connectivity index (χ4v) is 5.16. The number of para-hydroxylation sites is 1. The molecule has 2 aromatic carbocycles. The number of carbonyl (C=O) groups excluding carboxylic acids is 3. The number of anilines is 2. The molecule has 2 saturated heterocycles. The third kappa shape index (κ3) is 6.24. The number of aliphatic carboxylic acids is 1. The molecule has 0 aromatic heterocycles. The first-order valence-electron chi connectivity index (χ1n) is 12.9. The third-order valence-electron chi connectivity index (χ3n) is 7.28. The number of carbonyl (C=O) groups is 4. The van der Waals surface area contributed by atoms with Crippen molar-refractivity contribution < 1.29 is 29.0 Å². The van der Waals surface area contributed by atoms with Gasteiger partial charge in [-0.15, -0.1) is 0 Å². The highest BCUT2D eigenvalue weighted by atomic mass is 16.5. The maximum atomic E-state index is 13.4. The van der Waals surface area contributed by atoms with Gasteiger partial charge in [0.1, 0.15) is 11.8 Å². The summed E-state index contributed by atoms with van der Waals surface area (Å²) in [6.45, 7) is 3.39. The second-order valence-electron chi connectivity index (χ2n) is 9.83. The van der Waals surface area contributed by atoms with Crippen molar-refractivity contribution in [2.24, 2.45) is 5.92 Å². The first-order valence-corrected chi connectivity index (χ1v) is 12.9. The SMILES string of the molecule is COc1cc(C(=O)N2CCCC2C(=O)N2CCC(CC(=O)O)CC2)ccc1NC(=O)Nc1ccccc1C. The highest BCUT2D eigenvalue weighted by Crippen LogP contribution is 2.30. The average molecular weight is 523 g/mol. The van der Waals surface area contributed by atoms with Crippen LogP contribution in [0.15, 0.2) is 42.5 Å². The van der Waals surface area contributed by atoms with Gasteiger partial charge < -0.3 is 30.3 Å². The third-order valence-corrected chi connectivity index (χ3v) is 7.28. The van der Waals surface area contributed by atoms with Crippen LogP contribution in [0.2, 0.25) is 0 Å². The molecule has 2 aromatic rings. The lowest BCUT2D eigenvalue weighted by molar-refractivity contribution is -0.139. The molecule has 2 heterocycles. The molecule has 1 atom stereocenters. The smallest absolute Gasteiger partial charge is 0.323 e. The number of hydrogen-bond donors (Lipinski definition) is 3. The Labute approximate surface area is 221 Å². The molecule has 2 aliphatic heterocycles. The Balaban J connectivity index is 1.41. The van der Waals surface area contributed by atoms with E-state index in [1.807, 2.05) is 25.1 Å². The Morgan fingerprint density at radius 3 is 2.37 bits per heavy atom. The number of methoxy groups -OCH3 is 1. The van der Waals surface area contributed by atoms with Crippen molar-refractivity contribution in [3.05, 3.63) is 53.6 Å². The van der Waals surface area contributed by atoms with E-state index in [1.165, 1.54) is 7.11 Å². The van der Waals surface area contributed by atoms with Crippen LogP contribution >= 0.6 is 0 Å². The molecule has 2 fully saturated rings. The summed E-state index contributed by atoms with van der Waals surface area (Å²) in [6.07, 6.45) is 2.75. The van der Waals surface area contributed by atoms with E-state index in [9.17, 15) is 19.2 Å². The molecule has 0 spiro atoms. The number of urea groups is 1. The van der Waals surface area contributed by atoms with Gasteiger partial charge in [-0.2, -0.15) is 0 Å². The van der Waals surface area contributed by atoms with Crippen molar-refractivity contribution >= 4 is 35.2 Å². The van der Waals surface area contributed by atoms with Gasteiger partial charge in [0, 0.05) is 37.3 Å². The van der Waals surface area contributed by atoms with Crippen molar-refractivity contribution in [3.8, 4) is 5.75 Å². The Kier molecular flexibility index (Phi) is 8.50. The van der Waals surface area contributed by atoms with Crippen molar-refractivity contribution in [2.45, 2.75) is 45.1 Å². The summed E-state index contributed by atoms with van der Waals surface area (Å²) in [4.78, 5) is 53.6. The highest BCUT2D eigenvalue weighted by Gasteiger charge is 2.38. The molecule has 3 N–H and O–H groups in total. The molecule has 0 bridgehead atoms. The van der Waals surface area contributed by atoms with Crippen LogP contribution in [0, 0.1) is 12.8 Å². The quantitative estimate of drug-likeness (QED) is 0.505. The number of carboxylic acids is 1. The summed E-state index contributed by atoms with van der Waals surface area (Å²) >= 11 is 0. The molecular weight excluding hydrogens is 488 g/mol. The summed E-state index contributed by atoms with van der Waals surface area (Å²) < 4.78 is 5.45. The molecule has 0 saturated carbocycles. The molecule has 4 rings (SSSR count). The monoisotopic (exact) mass is 522 g/mol. The largest absolute Gasteiger partial charge is 0.495 e. The second kappa shape index (κ2) is 12.0. The van der Waals surface area contributed by atoms with Crippen LogP contribution in [0.4, 0.5) is 16.2 Å². The van der Waals surface area contributed by atoms with Crippen LogP contribution in [0.3, 0.4) is 0 Å². The number of rotatable bonds is 7. The van der Waals surface area contributed by atoms with Gasteiger partial charge in [0.2, 0.25) is 5.91 Å². The minimum absolute atomic E-state index is 0.0799. The van der Waals surface area contributed by atoms with Crippen molar-refractivity contribution in [2.75, 3.05) is 37.4 Å². The number of likely N-dealkylation sites (tertiary alicyclic amines) is 2. The molecule has 38 heavy (non-hydrogen) atoms. The summed E-state index contributed by atoms with van der Waals surface area (Å²) in [5.41, 5.74) is 2.39. The van der Waals surface area contributed by atoms with Crippen molar-refractivity contribution in [3.63, 3.8) is 0 Å². The summed E-state index contributed by atoms with van der Waals surface area (Å²) in [5.74, 6) is -0.751. The van der Waals surface area contributed by atoms with E-state index in [-0.39, 0.29) is 24.2 Å². The van der Waals surface area contributed by atoms with E-state index in [4.69, 9.17) is 9.84 Å². The van der Waals surface area contributed by atoms with Gasteiger partial charge >= 0.3 is 12.0 Å². The number of aryl methyl sites for hydroxylation is 1. The standard InChI is InChI=1S/C28H34N4O6/c1-18-6-3-4-7-21(18)29-28(37)30-22-10-9-20(17-24(22)38-2)26(35)32-13-5-8-23(32)27(36)31-14-11-19(12-15-31)16-25(33)34/h3-4,6-7,9-10,17,19,23H,5,8,11-16H2,1-2H3,(H,33,34)(H2,29,30,37). The Morgan fingerprint density at radius 2 is 1.68 bits per heavy atom. The average Bonchev–Trinajstić information content (AvgIpc) is 3.39. The van der Waals surface area contributed by atoms with Gasteiger partial charge in [0.25, 0.3) is 5.91 Å². The summed E-state index contributed by atoms with van der Waals surface area (Å²) in [6, 6.07) is 11.3. The normalized spacial score (nSPS) is 17.7. The molecule has 4 amide bonds. The molecule has 2 aliphatic rings. The lowest BCUT2D eigenvalue weighted by Gasteiger charge is -2.35. The fraction of sp³-hybridized carbons (Fsp3) is 0.429. The van der Waals surface area contributed by atoms with E-state index in [0.717, 1.165) is 12.0 Å². The molecule has 1 unspecified atom stereocenters. The van der Waals surface area contributed by atoms with E-state index in [1.54, 1.807) is 34.1 Å². The van der Waals surface area contributed by atoms with Crippen molar-refractivity contribution in [1.82, 2.24) is 9.80 Å². The summed E-state index contributed by atoms with van der Waals surface area (Å²) in [5, 5.41) is 14.6. The maximum Gasteiger partial charge on any atom is 0.323 e. The number of benzene rings is 2. The van der Waals surface area contributed by atoms with Crippen LogP contribution in [0.1, 0.15) is 48.0 Å². The predicted octanol–water partition coefficient (Wildman–Crippen LogP) is 3.97. The van der Waals surface area contributed by atoms with E-state index in [0.29, 0.717) is 61.6 Å². The zero-order valence-corrected chi connectivity index (χ0v) is 21.7. The van der Waals surface area contributed by atoms with Gasteiger partial charge in [0.05, 0.1) is 12.8 Å². The van der Waals surface area contributed by atoms with E-state index >= 15 is 0 Å². The second-order valence-corrected chi connectivity index (χ2v) is 9.83. The number of nitrogens with zero attached hydrogens (tertiary/aromatic N) is 2. The number of piperidine rings is 1. The van der Waals surface area contributed by atoms with Gasteiger partial charge in [-0.05, 0) is 68.4 Å². The lowest BCUT2D eigenvalue weighted by Crippen LogP contribution is -2.50. The van der Waals surface area contributed by atoms with Gasteiger partial charge in [0.15, 0.2) is 0 Å². The summed E-state index contributed by atoms with van der Waals surface area (Å²) in [7, 11) is 1.46. The molecule has 202 valence electrons. The molecule has 0 aliphatic carbocycles. The maximum absolute atomic E-state index is 13.4. The zero-order chi connectivity index (χ0) is 27.2. The van der Waals surface area contributed by atoms with Crippen molar-refractivity contribution in [1.29, 1.82) is 0 Å². The molecule has 10 nitrogen and oxygen atoms in total. The fourth-order valence-electron chi connectivity index (χ4n) is 5.16. The van der Waals surface area contributed by atoms with Crippen LogP contribution in [-0.4, -0.2) is 71.5 Å². The highest BCUT2D eigenvalue weighted by molar-refractivity contribution is 6.02. The minimum Gasteiger partial charge on any atom is -0.495 e. The Bertz CT molecular complexity index is 1210. The van der Waals surface area contributed by atoms with Crippen LogP contribution in [0.5, 0.6) is 5.75 Å². The number of amides is 4. The number of carboxylic acid groups (broad SMARTS) is 1.